The highest BCUT2D eigenvalue weighted by Gasteiger charge is 2.15. The minimum atomic E-state index is -0.215. The van der Waals surface area contributed by atoms with Crippen molar-refractivity contribution in [3.63, 3.8) is 0 Å². The molecule has 5 nitrogen and oxygen atoms in total. The van der Waals surface area contributed by atoms with Crippen molar-refractivity contribution in [3.8, 4) is 12.1 Å². The number of nitrogens with one attached hydrogen (secondary N) is 1. The van der Waals surface area contributed by atoms with E-state index in [1.165, 1.54) is 4.90 Å². The van der Waals surface area contributed by atoms with Crippen LogP contribution in [0.25, 0.3) is 10.9 Å². The van der Waals surface area contributed by atoms with Crippen LogP contribution in [0.15, 0.2) is 30.5 Å². The fourth-order valence-corrected chi connectivity index (χ4v) is 1.96. The molecule has 1 aromatic heterocycles. The van der Waals surface area contributed by atoms with Crippen molar-refractivity contribution >= 4 is 16.8 Å². The van der Waals surface area contributed by atoms with E-state index in [1.807, 2.05) is 36.4 Å². The molecule has 0 bridgehead atoms. The molecular weight excluding hydrogens is 240 g/mol. The number of carbonyl (C=O) groups excluding carboxylic acids is 1. The third kappa shape index (κ3) is 2.72. The SMILES string of the molecule is N#CCN(CC#N)C(=O)Cc1c[nH]c2ccccc12. The zero-order chi connectivity index (χ0) is 13.7. The Balaban J connectivity index is 2.18. The van der Waals surface area contributed by atoms with Gasteiger partial charge in [0, 0.05) is 17.1 Å². The Hall–Kier alpha value is -2.79. The van der Waals surface area contributed by atoms with Crippen LogP contribution in [0.2, 0.25) is 0 Å². The number of para-hydroxylation sites is 1. The van der Waals surface area contributed by atoms with Gasteiger partial charge in [-0.05, 0) is 11.6 Å². The predicted octanol–water partition coefficient (Wildman–Crippen LogP) is 1.59. The number of hydrogen-bond donors (Lipinski definition) is 1. The van der Waals surface area contributed by atoms with Gasteiger partial charge in [0.2, 0.25) is 5.91 Å². The molecule has 0 atom stereocenters. The number of rotatable bonds is 4. The number of nitriles is 2. The van der Waals surface area contributed by atoms with Crippen LogP contribution in [-0.4, -0.2) is 28.9 Å². The Bertz CT molecular complexity index is 659. The first-order chi connectivity index (χ1) is 9.26. The first kappa shape index (κ1) is 12.7. The van der Waals surface area contributed by atoms with Crippen LogP contribution < -0.4 is 0 Å². The van der Waals surface area contributed by atoms with Gasteiger partial charge in [-0.25, -0.2) is 0 Å². The van der Waals surface area contributed by atoms with Crippen molar-refractivity contribution in [1.82, 2.24) is 9.88 Å². The molecule has 0 fully saturated rings. The number of carbonyl (C=O) groups is 1. The molecule has 5 heteroatoms. The molecule has 0 saturated carbocycles. The second-order valence-electron chi connectivity index (χ2n) is 4.10. The molecule has 0 radical (unpaired) electrons. The summed E-state index contributed by atoms with van der Waals surface area (Å²) in [6, 6.07) is 11.5. The quantitative estimate of drug-likeness (QED) is 0.838. The highest BCUT2D eigenvalue weighted by Crippen LogP contribution is 2.18. The minimum Gasteiger partial charge on any atom is -0.361 e. The van der Waals surface area contributed by atoms with Gasteiger partial charge in [0.05, 0.1) is 18.6 Å². The van der Waals surface area contributed by atoms with E-state index in [1.54, 1.807) is 6.20 Å². The van der Waals surface area contributed by atoms with E-state index < -0.39 is 0 Å². The van der Waals surface area contributed by atoms with Crippen molar-refractivity contribution < 1.29 is 4.79 Å². The van der Waals surface area contributed by atoms with Crippen LogP contribution in [0, 0.1) is 22.7 Å². The van der Waals surface area contributed by atoms with Gasteiger partial charge in [-0.1, -0.05) is 18.2 Å². The maximum atomic E-state index is 12.0. The van der Waals surface area contributed by atoms with E-state index in [0.29, 0.717) is 0 Å². The number of aromatic amines is 1. The number of hydrogen-bond acceptors (Lipinski definition) is 3. The molecule has 1 aromatic carbocycles. The third-order valence-electron chi connectivity index (χ3n) is 2.89. The second kappa shape index (κ2) is 5.70. The molecule has 2 rings (SSSR count). The second-order valence-corrected chi connectivity index (χ2v) is 4.10. The number of aromatic nitrogens is 1. The molecule has 1 amide bonds. The molecule has 1 heterocycles. The molecule has 0 aliphatic carbocycles. The summed E-state index contributed by atoms with van der Waals surface area (Å²) in [5, 5.41) is 18.3. The highest BCUT2D eigenvalue weighted by atomic mass is 16.2. The number of nitrogens with zero attached hydrogens (tertiary/aromatic N) is 3. The van der Waals surface area contributed by atoms with E-state index in [9.17, 15) is 4.79 Å². The summed E-state index contributed by atoms with van der Waals surface area (Å²) in [6.07, 6.45) is 1.98. The van der Waals surface area contributed by atoms with Crippen molar-refractivity contribution in [1.29, 1.82) is 10.5 Å². The van der Waals surface area contributed by atoms with Gasteiger partial charge in [-0.3, -0.25) is 4.79 Å². The van der Waals surface area contributed by atoms with Gasteiger partial charge in [-0.2, -0.15) is 10.5 Å². The van der Waals surface area contributed by atoms with Gasteiger partial charge < -0.3 is 9.88 Å². The first-order valence-electron chi connectivity index (χ1n) is 5.83. The summed E-state index contributed by atoms with van der Waals surface area (Å²) in [5.74, 6) is -0.215. The summed E-state index contributed by atoms with van der Waals surface area (Å²) >= 11 is 0. The third-order valence-corrected chi connectivity index (χ3v) is 2.89. The molecule has 0 unspecified atom stereocenters. The van der Waals surface area contributed by atoms with E-state index in [4.69, 9.17) is 10.5 Å². The summed E-state index contributed by atoms with van der Waals surface area (Å²) in [4.78, 5) is 16.4. The fourth-order valence-electron chi connectivity index (χ4n) is 1.96. The van der Waals surface area contributed by atoms with Crippen molar-refractivity contribution in [2.75, 3.05) is 13.1 Å². The average Bonchev–Trinajstić information content (AvgIpc) is 2.82. The van der Waals surface area contributed by atoms with Crippen molar-refractivity contribution in [3.05, 3.63) is 36.0 Å². The highest BCUT2D eigenvalue weighted by molar-refractivity contribution is 5.89. The predicted molar refractivity (Wildman–Crippen MR) is 69.8 cm³/mol. The smallest absolute Gasteiger partial charge is 0.228 e. The van der Waals surface area contributed by atoms with Gasteiger partial charge in [0.1, 0.15) is 13.1 Å². The number of amides is 1. The Kier molecular flexibility index (Phi) is 3.80. The Morgan fingerprint density at radius 3 is 2.58 bits per heavy atom. The molecule has 94 valence electrons. The first-order valence-corrected chi connectivity index (χ1v) is 5.83. The summed E-state index contributed by atoms with van der Waals surface area (Å²) in [5.41, 5.74) is 1.85. The lowest BCUT2D eigenvalue weighted by molar-refractivity contribution is -0.129. The van der Waals surface area contributed by atoms with Crippen LogP contribution in [0.4, 0.5) is 0 Å². The molecule has 0 spiro atoms. The molecule has 0 aliphatic rings. The van der Waals surface area contributed by atoms with Gasteiger partial charge in [-0.15, -0.1) is 0 Å². The molecular formula is C14H12N4O. The van der Waals surface area contributed by atoms with Crippen LogP contribution in [0.1, 0.15) is 5.56 Å². The van der Waals surface area contributed by atoms with Gasteiger partial charge >= 0.3 is 0 Å². The molecule has 19 heavy (non-hydrogen) atoms. The van der Waals surface area contributed by atoms with Crippen LogP contribution in [0.3, 0.4) is 0 Å². The summed E-state index contributed by atoms with van der Waals surface area (Å²) in [6.45, 7) is -0.122. The van der Waals surface area contributed by atoms with E-state index in [-0.39, 0.29) is 25.4 Å². The standard InChI is InChI=1S/C14H12N4O/c15-5-7-18(8-6-16)14(19)9-11-10-17-13-4-2-1-3-12(11)13/h1-4,10,17H,7-9H2. The Morgan fingerprint density at radius 2 is 1.89 bits per heavy atom. The maximum Gasteiger partial charge on any atom is 0.228 e. The zero-order valence-corrected chi connectivity index (χ0v) is 10.3. The topological polar surface area (TPSA) is 83.7 Å². The molecule has 0 aliphatic heterocycles. The van der Waals surface area contributed by atoms with Gasteiger partial charge in [0.15, 0.2) is 0 Å². The van der Waals surface area contributed by atoms with E-state index in [2.05, 4.69) is 4.98 Å². The molecule has 2 aromatic rings. The fraction of sp³-hybridized carbons (Fsp3) is 0.214. The number of fused-ring (bicyclic) bond motifs is 1. The van der Waals surface area contributed by atoms with Crippen molar-refractivity contribution in [2.24, 2.45) is 0 Å². The lowest BCUT2D eigenvalue weighted by Gasteiger charge is -2.15. The molecule has 0 saturated heterocycles. The van der Waals surface area contributed by atoms with E-state index >= 15 is 0 Å². The maximum absolute atomic E-state index is 12.0. The average molecular weight is 252 g/mol. The normalized spacial score (nSPS) is 9.79. The van der Waals surface area contributed by atoms with Crippen LogP contribution in [-0.2, 0) is 11.2 Å². The minimum absolute atomic E-state index is 0.0608. The lowest BCUT2D eigenvalue weighted by Crippen LogP contribution is -2.32. The zero-order valence-electron chi connectivity index (χ0n) is 10.3. The largest absolute Gasteiger partial charge is 0.361 e. The Labute approximate surface area is 110 Å². The monoisotopic (exact) mass is 252 g/mol. The van der Waals surface area contributed by atoms with Crippen LogP contribution >= 0.6 is 0 Å². The summed E-state index contributed by atoms with van der Waals surface area (Å²) in [7, 11) is 0. The number of benzene rings is 1. The lowest BCUT2D eigenvalue weighted by atomic mass is 10.1. The van der Waals surface area contributed by atoms with Crippen molar-refractivity contribution in [2.45, 2.75) is 6.42 Å². The Morgan fingerprint density at radius 1 is 1.21 bits per heavy atom. The van der Waals surface area contributed by atoms with E-state index in [0.717, 1.165) is 16.5 Å². The molecule has 1 N–H and O–H groups in total. The van der Waals surface area contributed by atoms with Crippen LogP contribution in [0.5, 0.6) is 0 Å². The van der Waals surface area contributed by atoms with Gasteiger partial charge in [0.25, 0.3) is 0 Å². The number of H-pyrrole nitrogens is 1. The summed E-state index contributed by atoms with van der Waals surface area (Å²) < 4.78 is 0.